The third-order valence-corrected chi connectivity index (χ3v) is 4.76. The van der Waals surface area contributed by atoms with Crippen LogP contribution in [0.25, 0.3) is 0 Å². The van der Waals surface area contributed by atoms with Gasteiger partial charge in [-0.05, 0) is 38.6 Å². The average molecular weight is 268 g/mol. The Morgan fingerprint density at radius 2 is 2.44 bits per heavy atom. The van der Waals surface area contributed by atoms with Crippen molar-refractivity contribution in [3.8, 4) is 0 Å². The molecule has 0 saturated carbocycles. The van der Waals surface area contributed by atoms with Gasteiger partial charge in [0.25, 0.3) is 0 Å². The van der Waals surface area contributed by atoms with Gasteiger partial charge in [-0.2, -0.15) is 0 Å². The summed E-state index contributed by atoms with van der Waals surface area (Å²) in [6.45, 7) is 5.78. The zero-order valence-electron chi connectivity index (χ0n) is 10.9. The van der Waals surface area contributed by atoms with E-state index in [2.05, 4.69) is 9.88 Å². The van der Waals surface area contributed by atoms with Gasteiger partial charge in [0.05, 0.1) is 11.2 Å². The maximum absolute atomic E-state index is 11.4. The molecule has 0 aromatic carbocycles. The molecular weight excluding hydrogens is 248 g/mol. The van der Waals surface area contributed by atoms with E-state index in [1.807, 2.05) is 19.4 Å². The Labute approximate surface area is 112 Å². The predicted molar refractivity (Wildman–Crippen MR) is 71.9 cm³/mol. The number of likely N-dealkylation sites (tertiary alicyclic amines) is 1. The van der Waals surface area contributed by atoms with Crippen LogP contribution in [0.5, 0.6) is 0 Å². The van der Waals surface area contributed by atoms with Gasteiger partial charge in [0.15, 0.2) is 0 Å². The highest BCUT2D eigenvalue weighted by molar-refractivity contribution is 7.09. The van der Waals surface area contributed by atoms with E-state index in [-0.39, 0.29) is 12.0 Å². The molecule has 1 N–H and O–H groups in total. The maximum Gasteiger partial charge on any atom is 0.321 e. The van der Waals surface area contributed by atoms with E-state index in [1.54, 1.807) is 11.3 Å². The first-order valence-electron chi connectivity index (χ1n) is 6.45. The van der Waals surface area contributed by atoms with Crippen LogP contribution in [-0.2, 0) is 11.2 Å². The summed E-state index contributed by atoms with van der Waals surface area (Å²) < 4.78 is 0. The largest absolute Gasteiger partial charge is 0.480 e. The molecule has 1 aliphatic rings. The van der Waals surface area contributed by atoms with Crippen molar-refractivity contribution in [2.75, 3.05) is 13.1 Å². The van der Waals surface area contributed by atoms with E-state index in [4.69, 9.17) is 0 Å². The summed E-state index contributed by atoms with van der Waals surface area (Å²) in [4.78, 5) is 19.0. The smallest absolute Gasteiger partial charge is 0.321 e. The van der Waals surface area contributed by atoms with Gasteiger partial charge in [0.1, 0.15) is 6.04 Å². The molecule has 1 aromatic rings. The minimum Gasteiger partial charge on any atom is -0.480 e. The van der Waals surface area contributed by atoms with E-state index < -0.39 is 5.97 Å². The lowest BCUT2D eigenvalue weighted by Crippen LogP contribution is -2.49. The molecule has 0 aliphatic carbocycles. The number of rotatable bonds is 4. The number of aryl methyl sites for hydroxylation is 1. The fourth-order valence-electron chi connectivity index (χ4n) is 2.73. The summed E-state index contributed by atoms with van der Waals surface area (Å²) in [6, 6.07) is -0.313. The zero-order valence-corrected chi connectivity index (χ0v) is 11.7. The van der Waals surface area contributed by atoms with Crippen LogP contribution < -0.4 is 0 Å². The van der Waals surface area contributed by atoms with E-state index in [9.17, 15) is 9.90 Å². The van der Waals surface area contributed by atoms with E-state index in [0.717, 1.165) is 38.0 Å². The molecule has 0 radical (unpaired) electrons. The standard InChI is InChI=1S/C13H20N2O2S/c1-9-4-3-6-15(12(9)13(16)17)7-5-11-10(2)14-8-18-11/h8-9,12H,3-7H2,1-2H3,(H,16,17). The Hall–Kier alpha value is -0.940. The molecule has 0 spiro atoms. The number of thiazole rings is 1. The first-order chi connectivity index (χ1) is 8.59. The average Bonchev–Trinajstić information content (AvgIpc) is 2.71. The number of nitrogens with zero attached hydrogens (tertiary/aromatic N) is 2. The van der Waals surface area contributed by atoms with E-state index in [0.29, 0.717) is 0 Å². The highest BCUT2D eigenvalue weighted by Crippen LogP contribution is 2.24. The fourth-order valence-corrected chi connectivity index (χ4v) is 3.51. The molecule has 1 fully saturated rings. The first kappa shape index (κ1) is 13.5. The van der Waals surface area contributed by atoms with Gasteiger partial charge in [-0.3, -0.25) is 9.69 Å². The van der Waals surface area contributed by atoms with Crippen molar-refractivity contribution >= 4 is 17.3 Å². The Kier molecular flexibility index (Phi) is 4.35. The predicted octanol–water partition coefficient (Wildman–Crippen LogP) is 2.18. The van der Waals surface area contributed by atoms with Crippen LogP contribution >= 0.6 is 11.3 Å². The topological polar surface area (TPSA) is 53.4 Å². The van der Waals surface area contributed by atoms with Crippen LogP contribution in [0.2, 0.25) is 0 Å². The van der Waals surface area contributed by atoms with Crippen LogP contribution in [0.4, 0.5) is 0 Å². The molecule has 2 atom stereocenters. The number of carboxylic acid groups (broad SMARTS) is 1. The summed E-state index contributed by atoms with van der Waals surface area (Å²) >= 11 is 1.66. The number of hydrogen-bond acceptors (Lipinski definition) is 4. The highest BCUT2D eigenvalue weighted by atomic mass is 32.1. The number of hydrogen-bond donors (Lipinski definition) is 1. The summed E-state index contributed by atoms with van der Waals surface area (Å²) in [5.74, 6) is -0.429. The van der Waals surface area contributed by atoms with Crippen LogP contribution in [-0.4, -0.2) is 40.1 Å². The molecule has 2 rings (SSSR count). The van der Waals surface area contributed by atoms with Gasteiger partial charge in [0, 0.05) is 11.4 Å². The molecule has 4 nitrogen and oxygen atoms in total. The molecule has 0 amide bonds. The highest BCUT2D eigenvalue weighted by Gasteiger charge is 2.33. The lowest BCUT2D eigenvalue weighted by Gasteiger charge is -2.37. The summed E-state index contributed by atoms with van der Waals surface area (Å²) in [5, 5.41) is 9.34. The molecule has 1 saturated heterocycles. The molecular formula is C13H20N2O2S. The molecule has 18 heavy (non-hydrogen) atoms. The lowest BCUT2D eigenvalue weighted by atomic mass is 9.90. The van der Waals surface area contributed by atoms with Gasteiger partial charge in [-0.15, -0.1) is 11.3 Å². The third-order valence-electron chi connectivity index (χ3n) is 3.76. The molecule has 1 aromatic heterocycles. The number of carbonyl (C=O) groups is 1. The Balaban J connectivity index is 1.98. The van der Waals surface area contributed by atoms with E-state index >= 15 is 0 Å². The maximum atomic E-state index is 11.4. The lowest BCUT2D eigenvalue weighted by molar-refractivity contribution is -0.146. The molecule has 100 valence electrons. The second kappa shape index (κ2) is 5.80. The fraction of sp³-hybridized carbons (Fsp3) is 0.692. The SMILES string of the molecule is Cc1ncsc1CCN1CCCC(C)C1C(=O)O. The minimum atomic E-state index is -0.678. The molecule has 0 bridgehead atoms. The molecule has 5 heteroatoms. The monoisotopic (exact) mass is 268 g/mol. The Morgan fingerprint density at radius 3 is 3.06 bits per heavy atom. The second-order valence-corrected chi connectivity index (χ2v) is 5.99. The van der Waals surface area contributed by atoms with Crippen molar-refractivity contribution in [1.82, 2.24) is 9.88 Å². The van der Waals surface area contributed by atoms with Crippen LogP contribution in [0.15, 0.2) is 5.51 Å². The van der Waals surface area contributed by atoms with Gasteiger partial charge < -0.3 is 5.11 Å². The van der Waals surface area contributed by atoms with Crippen molar-refractivity contribution < 1.29 is 9.90 Å². The number of piperidine rings is 1. The second-order valence-electron chi connectivity index (χ2n) is 5.05. The third kappa shape index (κ3) is 2.90. The Morgan fingerprint density at radius 1 is 1.67 bits per heavy atom. The van der Waals surface area contributed by atoms with E-state index in [1.165, 1.54) is 4.88 Å². The van der Waals surface area contributed by atoms with Gasteiger partial charge >= 0.3 is 5.97 Å². The summed E-state index contributed by atoms with van der Waals surface area (Å²) in [6.07, 6.45) is 3.03. The first-order valence-corrected chi connectivity index (χ1v) is 7.33. The summed E-state index contributed by atoms with van der Waals surface area (Å²) in [7, 11) is 0. The minimum absolute atomic E-state index is 0.249. The van der Waals surface area contributed by atoms with Crippen molar-refractivity contribution in [1.29, 1.82) is 0 Å². The number of aliphatic carboxylic acids is 1. The molecule has 1 aliphatic heterocycles. The van der Waals surface area contributed by atoms with Crippen LogP contribution in [0.1, 0.15) is 30.3 Å². The summed E-state index contributed by atoms with van der Waals surface area (Å²) in [5.41, 5.74) is 2.94. The van der Waals surface area contributed by atoms with Crippen LogP contribution in [0, 0.1) is 12.8 Å². The van der Waals surface area contributed by atoms with Crippen LogP contribution in [0.3, 0.4) is 0 Å². The zero-order chi connectivity index (χ0) is 13.1. The normalized spacial score (nSPS) is 25.2. The molecule has 2 heterocycles. The van der Waals surface area contributed by atoms with Crippen molar-refractivity contribution in [3.05, 3.63) is 16.1 Å². The quantitative estimate of drug-likeness (QED) is 0.909. The van der Waals surface area contributed by atoms with Gasteiger partial charge in [0.2, 0.25) is 0 Å². The van der Waals surface area contributed by atoms with Crippen molar-refractivity contribution in [2.24, 2.45) is 5.92 Å². The number of aromatic nitrogens is 1. The van der Waals surface area contributed by atoms with Crippen molar-refractivity contribution in [2.45, 2.75) is 39.2 Å². The Bertz CT molecular complexity index is 419. The van der Waals surface area contributed by atoms with Gasteiger partial charge in [-0.1, -0.05) is 6.92 Å². The van der Waals surface area contributed by atoms with Gasteiger partial charge in [-0.25, -0.2) is 4.98 Å². The van der Waals surface area contributed by atoms with Crippen molar-refractivity contribution in [3.63, 3.8) is 0 Å². The number of carboxylic acids is 1. The molecule has 2 unspecified atom stereocenters.